The van der Waals surface area contributed by atoms with Crippen molar-refractivity contribution in [2.75, 3.05) is 25.1 Å². The van der Waals surface area contributed by atoms with Crippen molar-refractivity contribution in [3.63, 3.8) is 0 Å². The highest BCUT2D eigenvalue weighted by molar-refractivity contribution is 5.46. The van der Waals surface area contributed by atoms with Crippen LogP contribution in [0.3, 0.4) is 0 Å². The zero-order valence-electron chi connectivity index (χ0n) is 16.1. The Labute approximate surface area is 162 Å². The van der Waals surface area contributed by atoms with E-state index in [-0.39, 0.29) is 0 Å². The number of hydrogen-bond donors (Lipinski definition) is 1. The molecule has 3 rings (SSSR count). The van der Waals surface area contributed by atoms with Crippen LogP contribution in [0.15, 0.2) is 72.8 Å². The Morgan fingerprint density at radius 2 is 1.56 bits per heavy atom. The summed E-state index contributed by atoms with van der Waals surface area (Å²) in [6, 6.07) is 24.7. The van der Waals surface area contributed by atoms with Gasteiger partial charge in [-0.25, -0.2) is 0 Å². The number of ether oxygens (including phenoxy) is 2. The summed E-state index contributed by atoms with van der Waals surface area (Å²) in [5, 5.41) is 3.37. The fraction of sp³-hybridized carbons (Fsp3) is 0.250. The Balaban J connectivity index is 1.37. The van der Waals surface area contributed by atoms with Gasteiger partial charge in [-0.05, 0) is 55.3 Å². The minimum atomic E-state index is 0.624. The quantitative estimate of drug-likeness (QED) is 0.517. The number of benzene rings is 3. The molecule has 140 valence electrons. The number of rotatable bonds is 9. The van der Waals surface area contributed by atoms with Gasteiger partial charge in [0.2, 0.25) is 0 Å². The molecule has 3 aromatic carbocycles. The molecule has 0 bridgehead atoms. The first-order valence-corrected chi connectivity index (χ1v) is 9.41. The Morgan fingerprint density at radius 3 is 2.30 bits per heavy atom. The highest BCUT2D eigenvalue weighted by Crippen LogP contribution is 2.19. The molecule has 0 heterocycles. The van der Waals surface area contributed by atoms with Crippen LogP contribution in [0.1, 0.15) is 16.7 Å². The van der Waals surface area contributed by atoms with E-state index in [1.165, 1.54) is 16.7 Å². The summed E-state index contributed by atoms with van der Waals surface area (Å²) in [6.45, 7) is 6.22. The fourth-order valence-corrected chi connectivity index (χ4v) is 2.92. The van der Waals surface area contributed by atoms with Crippen LogP contribution in [0.4, 0.5) is 5.69 Å². The van der Waals surface area contributed by atoms with Crippen molar-refractivity contribution in [3.05, 3.63) is 89.5 Å². The summed E-state index contributed by atoms with van der Waals surface area (Å²) >= 11 is 0. The van der Waals surface area contributed by atoms with Gasteiger partial charge in [-0.1, -0.05) is 48.0 Å². The summed E-state index contributed by atoms with van der Waals surface area (Å²) in [5.74, 6) is 1.84. The van der Waals surface area contributed by atoms with E-state index in [9.17, 15) is 0 Å². The minimum absolute atomic E-state index is 0.624. The molecular weight excluding hydrogens is 334 g/mol. The lowest BCUT2D eigenvalue weighted by Crippen LogP contribution is -2.12. The van der Waals surface area contributed by atoms with Gasteiger partial charge in [0.25, 0.3) is 0 Å². The molecule has 0 aromatic heterocycles. The third-order valence-corrected chi connectivity index (χ3v) is 4.38. The van der Waals surface area contributed by atoms with Crippen LogP contribution < -0.4 is 14.8 Å². The van der Waals surface area contributed by atoms with E-state index in [1.807, 2.05) is 36.4 Å². The van der Waals surface area contributed by atoms with Gasteiger partial charge in [0.1, 0.15) is 18.1 Å². The van der Waals surface area contributed by atoms with Gasteiger partial charge in [-0.15, -0.1) is 0 Å². The van der Waals surface area contributed by atoms with Crippen molar-refractivity contribution >= 4 is 5.69 Å². The lowest BCUT2D eigenvalue weighted by molar-refractivity contribution is 0.322. The largest absolute Gasteiger partial charge is 0.493 e. The molecule has 0 radical (unpaired) electrons. The predicted molar refractivity (Wildman–Crippen MR) is 112 cm³/mol. The maximum absolute atomic E-state index is 5.85. The normalized spacial score (nSPS) is 10.4. The van der Waals surface area contributed by atoms with E-state index in [1.54, 1.807) is 0 Å². The monoisotopic (exact) mass is 361 g/mol. The van der Waals surface area contributed by atoms with Crippen LogP contribution in [-0.2, 0) is 6.42 Å². The Morgan fingerprint density at radius 1 is 0.778 bits per heavy atom. The van der Waals surface area contributed by atoms with E-state index >= 15 is 0 Å². The number of anilines is 1. The molecule has 0 aliphatic rings. The highest BCUT2D eigenvalue weighted by Gasteiger charge is 2.00. The predicted octanol–water partition coefficient (Wildman–Crippen LogP) is 5.42. The standard InChI is InChI=1S/C24H27NO2/c1-19-8-13-24(20(2)18-19)27-17-15-25-22-9-11-23(12-10-22)26-16-14-21-6-4-3-5-7-21/h3-13,18,25H,14-17H2,1-2H3. The molecule has 0 saturated carbocycles. The molecule has 0 aliphatic carbocycles. The zero-order chi connectivity index (χ0) is 18.9. The van der Waals surface area contributed by atoms with Crippen molar-refractivity contribution in [3.8, 4) is 11.5 Å². The first-order valence-electron chi connectivity index (χ1n) is 9.41. The van der Waals surface area contributed by atoms with Gasteiger partial charge in [0, 0.05) is 18.7 Å². The molecule has 27 heavy (non-hydrogen) atoms. The fourth-order valence-electron chi connectivity index (χ4n) is 2.92. The zero-order valence-corrected chi connectivity index (χ0v) is 16.1. The smallest absolute Gasteiger partial charge is 0.122 e. The second kappa shape index (κ2) is 9.67. The third kappa shape index (κ3) is 6.07. The van der Waals surface area contributed by atoms with Crippen molar-refractivity contribution < 1.29 is 9.47 Å². The Hall–Kier alpha value is -2.94. The maximum Gasteiger partial charge on any atom is 0.122 e. The summed E-state index contributed by atoms with van der Waals surface area (Å²) in [4.78, 5) is 0. The average molecular weight is 361 g/mol. The van der Waals surface area contributed by atoms with Crippen molar-refractivity contribution in [1.29, 1.82) is 0 Å². The van der Waals surface area contributed by atoms with Crippen molar-refractivity contribution in [2.45, 2.75) is 20.3 Å². The summed E-state index contributed by atoms with van der Waals surface area (Å²) in [5.41, 5.74) is 4.78. The van der Waals surface area contributed by atoms with E-state index in [0.717, 1.165) is 30.2 Å². The van der Waals surface area contributed by atoms with Gasteiger partial charge < -0.3 is 14.8 Å². The Kier molecular flexibility index (Phi) is 6.75. The second-order valence-electron chi connectivity index (χ2n) is 6.65. The van der Waals surface area contributed by atoms with Gasteiger partial charge in [-0.2, -0.15) is 0 Å². The molecule has 1 N–H and O–H groups in total. The van der Waals surface area contributed by atoms with Crippen LogP contribution >= 0.6 is 0 Å². The summed E-state index contributed by atoms with van der Waals surface area (Å²) in [6.07, 6.45) is 0.913. The molecule has 0 fully saturated rings. The lowest BCUT2D eigenvalue weighted by atomic mass is 10.1. The van der Waals surface area contributed by atoms with Crippen LogP contribution in [0.5, 0.6) is 11.5 Å². The van der Waals surface area contributed by atoms with Crippen LogP contribution in [0.25, 0.3) is 0 Å². The first-order chi connectivity index (χ1) is 13.2. The van der Waals surface area contributed by atoms with E-state index in [0.29, 0.717) is 13.2 Å². The summed E-state index contributed by atoms with van der Waals surface area (Å²) < 4.78 is 11.7. The number of nitrogens with one attached hydrogen (secondary N) is 1. The van der Waals surface area contributed by atoms with Crippen LogP contribution in [0, 0.1) is 13.8 Å². The molecule has 3 heteroatoms. The second-order valence-corrected chi connectivity index (χ2v) is 6.65. The number of hydrogen-bond acceptors (Lipinski definition) is 3. The maximum atomic E-state index is 5.85. The topological polar surface area (TPSA) is 30.5 Å². The van der Waals surface area contributed by atoms with E-state index in [2.05, 4.69) is 55.6 Å². The average Bonchev–Trinajstić information content (AvgIpc) is 2.68. The first kappa shape index (κ1) is 18.8. The van der Waals surface area contributed by atoms with Crippen molar-refractivity contribution in [2.24, 2.45) is 0 Å². The van der Waals surface area contributed by atoms with Gasteiger partial charge >= 0.3 is 0 Å². The molecule has 0 atom stereocenters. The highest BCUT2D eigenvalue weighted by atomic mass is 16.5. The van der Waals surface area contributed by atoms with Crippen LogP contribution in [0.2, 0.25) is 0 Å². The molecule has 0 unspecified atom stereocenters. The van der Waals surface area contributed by atoms with E-state index < -0.39 is 0 Å². The van der Waals surface area contributed by atoms with Crippen molar-refractivity contribution in [1.82, 2.24) is 0 Å². The number of aryl methyl sites for hydroxylation is 2. The van der Waals surface area contributed by atoms with Gasteiger partial charge in [0.05, 0.1) is 6.61 Å². The third-order valence-electron chi connectivity index (χ3n) is 4.38. The molecule has 0 amide bonds. The molecule has 0 saturated heterocycles. The molecular formula is C24H27NO2. The molecule has 0 spiro atoms. The molecule has 3 aromatic rings. The Bertz CT molecular complexity index is 829. The molecule has 3 nitrogen and oxygen atoms in total. The van der Waals surface area contributed by atoms with Gasteiger partial charge in [-0.3, -0.25) is 0 Å². The lowest BCUT2D eigenvalue weighted by Gasteiger charge is -2.12. The summed E-state index contributed by atoms with van der Waals surface area (Å²) in [7, 11) is 0. The minimum Gasteiger partial charge on any atom is -0.493 e. The van der Waals surface area contributed by atoms with E-state index in [4.69, 9.17) is 9.47 Å². The SMILES string of the molecule is Cc1ccc(OCCNc2ccc(OCCc3ccccc3)cc2)c(C)c1. The van der Waals surface area contributed by atoms with Gasteiger partial charge in [0.15, 0.2) is 0 Å². The van der Waals surface area contributed by atoms with Crippen LogP contribution in [-0.4, -0.2) is 19.8 Å². The molecule has 0 aliphatic heterocycles.